The molecular weight excluding hydrogens is 265 g/mol. The lowest BCUT2D eigenvalue weighted by atomic mass is 10.1. The lowest BCUT2D eigenvalue weighted by Gasteiger charge is -2.15. The van der Waals surface area contributed by atoms with Crippen molar-refractivity contribution in [1.82, 2.24) is 10.3 Å². The summed E-state index contributed by atoms with van der Waals surface area (Å²) in [5.74, 6) is -0.978. The second kappa shape index (κ2) is 5.79. The number of nitrogens with one attached hydrogen (secondary N) is 1. The van der Waals surface area contributed by atoms with Gasteiger partial charge in [-0.25, -0.2) is 9.37 Å². The van der Waals surface area contributed by atoms with Gasteiger partial charge in [0.1, 0.15) is 10.8 Å². The molecule has 6 heteroatoms. The summed E-state index contributed by atoms with van der Waals surface area (Å²) in [6.07, 6.45) is 2.39. The van der Waals surface area contributed by atoms with Gasteiger partial charge in [0.15, 0.2) is 0 Å². The van der Waals surface area contributed by atoms with Crippen molar-refractivity contribution in [2.75, 3.05) is 5.73 Å². The van der Waals surface area contributed by atoms with Crippen molar-refractivity contribution in [2.24, 2.45) is 0 Å². The molecule has 0 fully saturated rings. The number of hydrogen-bond acceptors (Lipinski definition) is 4. The van der Waals surface area contributed by atoms with Crippen LogP contribution in [-0.2, 0) is 0 Å². The number of halogens is 1. The Morgan fingerprint density at radius 3 is 3.00 bits per heavy atom. The van der Waals surface area contributed by atoms with E-state index in [1.165, 1.54) is 29.5 Å². The average Bonchev–Trinajstić information content (AvgIpc) is 2.92. The smallest absolute Gasteiger partial charge is 0.254 e. The van der Waals surface area contributed by atoms with Gasteiger partial charge >= 0.3 is 0 Å². The Bertz CT molecular complexity index is 571. The van der Waals surface area contributed by atoms with E-state index in [4.69, 9.17) is 5.73 Å². The third kappa shape index (κ3) is 2.90. The minimum absolute atomic E-state index is 0.131. The second-order valence-corrected chi connectivity index (χ2v) is 4.93. The first kappa shape index (κ1) is 13.5. The summed E-state index contributed by atoms with van der Waals surface area (Å²) in [5.41, 5.74) is 5.59. The van der Waals surface area contributed by atoms with E-state index in [-0.39, 0.29) is 23.2 Å². The van der Waals surface area contributed by atoms with Crippen LogP contribution in [0.1, 0.15) is 34.8 Å². The molecule has 1 heterocycles. The first-order chi connectivity index (χ1) is 9.13. The third-order valence-corrected chi connectivity index (χ3v) is 3.65. The van der Waals surface area contributed by atoms with Crippen LogP contribution in [0.15, 0.2) is 29.8 Å². The van der Waals surface area contributed by atoms with Gasteiger partial charge in [-0.05, 0) is 18.6 Å². The molecule has 0 bridgehead atoms. The molecule has 0 spiro atoms. The van der Waals surface area contributed by atoms with E-state index >= 15 is 0 Å². The number of nitrogens with two attached hydrogens (primary N) is 1. The number of rotatable bonds is 4. The summed E-state index contributed by atoms with van der Waals surface area (Å²) in [6.45, 7) is 1.95. The number of thiazole rings is 1. The fourth-order valence-electron chi connectivity index (χ4n) is 1.72. The molecule has 1 aromatic heterocycles. The summed E-state index contributed by atoms with van der Waals surface area (Å²) < 4.78 is 13.3. The van der Waals surface area contributed by atoms with Crippen molar-refractivity contribution < 1.29 is 9.18 Å². The van der Waals surface area contributed by atoms with Crippen LogP contribution in [0.3, 0.4) is 0 Å². The lowest BCUT2D eigenvalue weighted by Crippen LogP contribution is -2.28. The zero-order valence-electron chi connectivity index (χ0n) is 10.4. The van der Waals surface area contributed by atoms with Gasteiger partial charge in [-0.1, -0.05) is 13.0 Å². The molecular formula is C13H14FN3OS. The number of nitrogen functional groups attached to an aromatic ring is 1. The lowest BCUT2D eigenvalue weighted by molar-refractivity contribution is 0.0936. The molecule has 2 rings (SSSR count). The van der Waals surface area contributed by atoms with E-state index in [9.17, 15) is 9.18 Å². The molecule has 2 aromatic rings. The molecule has 1 atom stereocenters. The molecule has 0 saturated heterocycles. The van der Waals surface area contributed by atoms with Crippen molar-refractivity contribution in [3.05, 3.63) is 46.2 Å². The fraction of sp³-hybridized carbons (Fsp3) is 0.231. The predicted octanol–water partition coefficient (Wildman–Crippen LogP) is 2.75. The maximum Gasteiger partial charge on any atom is 0.254 e. The topological polar surface area (TPSA) is 68.0 Å². The van der Waals surface area contributed by atoms with Crippen LogP contribution >= 0.6 is 11.3 Å². The highest BCUT2D eigenvalue weighted by atomic mass is 32.1. The zero-order chi connectivity index (χ0) is 13.8. The Balaban J connectivity index is 2.18. The van der Waals surface area contributed by atoms with Gasteiger partial charge in [0.2, 0.25) is 0 Å². The van der Waals surface area contributed by atoms with Gasteiger partial charge < -0.3 is 11.1 Å². The molecule has 0 radical (unpaired) electrons. The monoisotopic (exact) mass is 279 g/mol. The second-order valence-electron chi connectivity index (χ2n) is 4.01. The summed E-state index contributed by atoms with van der Waals surface area (Å²) in [5, 5.41) is 5.49. The van der Waals surface area contributed by atoms with Gasteiger partial charge in [-0.3, -0.25) is 4.79 Å². The maximum atomic E-state index is 13.3. The predicted molar refractivity (Wildman–Crippen MR) is 73.4 cm³/mol. The molecule has 0 aliphatic carbocycles. The average molecular weight is 279 g/mol. The summed E-state index contributed by atoms with van der Waals surface area (Å²) in [7, 11) is 0. The largest absolute Gasteiger partial charge is 0.396 e. The fourth-order valence-corrected chi connectivity index (χ4v) is 2.49. The molecule has 19 heavy (non-hydrogen) atoms. The van der Waals surface area contributed by atoms with Gasteiger partial charge in [-0.2, -0.15) is 0 Å². The highest BCUT2D eigenvalue weighted by molar-refractivity contribution is 7.09. The number of carbonyl (C=O) groups is 1. The summed E-state index contributed by atoms with van der Waals surface area (Å²) >= 11 is 1.47. The first-order valence-corrected chi connectivity index (χ1v) is 6.75. The van der Waals surface area contributed by atoms with Crippen LogP contribution in [0.2, 0.25) is 0 Å². The van der Waals surface area contributed by atoms with Gasteiger partial charge in [0, 0.05) is 11.6 Å². The number of hydrogen-bond donors (Lipinski definition) is 2. The number of carbonyl (C=O) groups excluding carboxylic acids is 1. The Hall–Kier alpha value is -1.95. The molecule has 4 nitrogen and oxygen atoms in total. The number of anilines is 1. The number of benzene rings is 1. The number of amides is 1. The van der Waals surface area contributed by atoms with Crippen LogP contribution in [-0.4, -0.2) is 10.9 Å². The Kier molecular flexibility index (Phi) is 4.11. The number of para-hydroxylation sites is 1. The minimum atomic E-state index is -0.588. The van der Waals surface area contributed by atoms with Crippen molar-refractivity contribution >= 4 is 22.9 Å². The molecule has 1 amide bonds. The molecule has 100 valence electrons. The zero-order valence-corrected chi connectivity index (χ0v) is 11.2. The Morgan fingerprint density at radius 1 is 1.58 bits per heavy atom. The highest BCUT2D eigenvalue weighted by Gasteiger charge is 2.18. The maximum absolute atomic E-state index is 13.3. The third-order valence-electron chi connectivity index (χ3n) is 2.76. The van der Waals surface area contributed by atoms with Crippen molar-refractivity contribution in [3.63, 3.8) is 0 Å². The van der Waals surface area contributed by atoms with Crippen molar-refractivity contribution in [1.29, 1.82) is 0 Å². The Labute approximate surface area is 114 Å². The Morgan fingerprint density at radius 2 is 2.37 bits per heavy atom. The van der Waals surface area contributed by atoms with E-state index in [1.807, 2.05) is 12.3 Å². The van der Waals surface area contributed by atoms with Crippen LogP contribution in [0, 0.1) is 5.82 Å². The van der Waals surface area contributed by atoms with Crippen LogP contribution in [0.4, 0.5) is 10.1 Å². The molecule has 1 unspecified atom stereocenters. The molecule has 0 saturated carbocycles. The first-order valence-electron chi connectivity index (χ1n) is 5.87. The van der Waals surface area contributed by atoms with E-state index in [1.54, 1.807) is 6.20 Å². The molecule has 3 N–H and O–H groups in total. The van der Waals surface area contributed by atoms with Crippen LogP contribution in [0.5, 0.6) is 0 Å². The quantitative estimate of drug-likeness (QED) is 0.846. The van der Waals surface area contributed by atoms with E-state index < -0.39 is 5.82 Å². The van der Waals surface area contributed by atoms with Gasteiger partial charge in [0.25, 0.3) is 5.91 Å². The SMILES string of the molecule is CCC(NC(=O)c1cccc(F)c1N)c1nccs1. The summed E-state index contributed by atoms with van der Waals surface area (Å²) in [6, 6.07) is 4.01. The van der Waals surface area contributed by atoms with E-state index in [2.05, 4.69) is 10.3 Å². The molecule has 0 aliphatic heterocycles. The molecule has 0 aliphatic rings. The summed E-state index contributed by atoms with van der Waals surface area (Å²) in [4.78, 5) is 16.3. The van der Waals surface area contributed by atoms with Crippen LogP contribution in [0.25, 0.3) is 0 Å². The van der Waals surface area contributed by atoms with E-state index in [0.29, 0.717) is 6.42 Å². The number of aromatic nitrogens is 1. The van der Waals surface area contributed by atoms with Crippen LogP contribution < -0.4 is 11.1 Å². The standard InChI is InChI=1S/C13H14FN3OS/c1-2-10(13-16-6-7-19-13)17-12(18)8-4-3-5-9(14)11(8)15/h3-7,10H,2,15H2,1H3,(H,17,18). The van der Waals surface area contributed by atoms with Gasteiger partial charge in [-0.15, -0.1) is 11.3 Å². The minimum Gasteiger partial charge on any atom is -0.396 e. The van der Waals surface area contributed by atoms with Crippen molar-refractivity contribution in [2.45, 2.75) is 19.4 Å². The highest BCUT2D eigenvalue weighted by Crippen LogP contribution is 2.21. The normalized spacial score (nSPS) is 12.1. The van der Waals surface area contributed by atoms with E-state index in [0.717, 1.165) is 5.01 Å². The van der Waals surface area contributed by atoms with Gasteiger partial charge in [0.05, 0.1) is 17.3 Å². The van der Waals surface area contributed by atoms with Crippen molar-refractivity contribution in [3.8, 4) is 0 Å². The number of nitrogens with zero attached hydrogens (tertiary/aromatic N) is 1. The molecule has 1 aromatic carbocycles.